The van der Waals surface area contributed by atoms with Crippen molar-refractivity contribution in [2.75, 3.05) is 6.54 Å². The van der Waals surface area contributed by atoms with Gasteiger partial charge in [0.05, 0.1) is 13.1 Å². The molecule has 14 heavy (non-hydrogen) atoms. The number of nitrogens with one attached hydrogen (secondary N) is 1. The molecule has 0 aliphatic heterocycles. The van der Waals surface area contributed by atoms with Crippen LogP contribution < -0.4 is 5.32 Å². The topological polar surface area (TPSA) is 42.7 Å². The maximum atomic E-state index is 5.14. The molecule has 0 aliphatic carbocycles. The first-order chi connectivity index (χ1) is 6.66. The molecule has 4 nitrogen and oxygen atoms in total. The van der Waals surface area contributed by atoms with Crippen molar-refractivity contribution in [1.82, 2.24) is 20.1 Å². The molecule has 0 aliphatic rings. The minimum Gasteiger partial charge on any atom is -0.312 e. The van der Waals surface area contributed by atoms with E-state index in [4.69, 9.17) is 6.42 Å². The molecule has 1 aromatic heterocycles. The predicted octanol–water partition coefficient (Wildman–Crippen LogP) is 0.890. The number of hydrogen-bond donors (Lipinski definition) is 1. The van der Waals surface area contributed by atoms with Crippen LogP contribution in [0.15, 0.2) is 0 Å². The van der Waals surface area contributed by atoms with Crippen molar-refractivity contribution in [3.63, 3.8) is 0 Å². The lowest BCUT2D eigenvalue weighted by Gasteiger charge is -2.11. The van der Waals surface area contributed by atoms with Crippen LogP contribution in [-0.4, -0.2) is 21.3 Å². The molecule has 4 heteroatoms. The zero-order valence-corrected chi connectivity index (χ0v) is 8.91. The average Bonchev–Trinajstić information content (AvgIpc) is 2.47. The van der Waals surface area contributed by atoms with Gasteiger partial charge in [-0.25, -0.2) is 0 Å². The second-order valence-corrected chi connectivity index (χ2v) is 3.43. The molecule has 76 valence electrons. The van der Waals surface area contributed by atoms with E-state index in [0.717, 1.165) is 11.6 Å². The summed E-state index contributed by atoms with van der Waals surface area (Å²) in [6.07, 6.45) is 5.14. The van der Waals surface area contributed by atoms with E-state index in [1.165, 1.54) is 0 Å². The molecule has 1 aromatic rings. The Morgan fingerprint density at radius 2 is 2.21 bits per heavy atom. The first-order valence-electron chi connectivity index (χ1n) is 4.71. The van der Waals surface area contributed by atoms with E-state index in [2.05, 4.69) is 39.8 Å². The number of nitrogens with zero attached hydrogens (tertiary/aromatic N) is 3. The van der Waals surface area contributed by atoms with Gasteiger partial charge in [-0.3, -0.25) is 5.32 Å². The molecule has 0 spiro atoms. The fourth-order valence-electron chi connectivity index (χ4n) is 1.45. The Morgan fingerprint density at radius 3 is 2.79 bits per heavy atom. The lowest BCUT2D eigenvalue weighted by atomic mass is 10.3. The molecule has 1 heterocycles. The smallest absolute Gasteiger partial charge is 0.147 e. The Bertz CT molecular complexity index is 332. The predicted molar refractivity (Wildman–Crippen MR) is 55.7 cm³/mol. The molecular formula is C10H16N4. The van der Waals surface area contributed by atoms with E-state index in [0.29, 0.717) is 19.1 Å². The fraction of sp³-hybridized carbons (Fsp3) is 0.600. The average molecular weight is 192 g/mol. The van der Waals surface area contributed by atoms with Crippen LogP contribution in [0.5, 0.6) is 0 Å². The summed E-state index contributed by atoms with van der Waals surface area (Å²) < 4.78 is 2.10. The van der Waals surface area contributed by atoms with Gasteiger partial charge in [0, 0.05) is 6.04 Å². The van der Waals surface area contributed by atoms with Gasteiger partial charge in [-0.15, -0.1) is 16.6 Å². The molecule has 0 fully saturated rings. The van der Waals surface area contributed by atoms with Gasteiger partial charge in [0.1, 0.15) is 11.6 Å². The molecule has 0 atom stereocenters. The standard InChI is InChI=1S/C10H16N4/c1-5-6-11-7-10-13-12-9(4)14(10)8(2)3/h1,8,11H,6-7H2,2-4H3. The van der Waals surface area contributed by atoms with Crippen molar-refractivity contribution in [2.24, 2.45) is 0 Å². The third-order valence-electron chi connectivity index (χ3n) is 1.96. The summed E-state index contributed by atoms with van der Waals surface area (Å²) in [6, 6.07) is 0.382. The fourth-order valence-corrected chi connectivity index (χ4v) is 1.45. The Balaban J connectivity index is 2.72. The molecular weight excluding hydrogens is 176 g/mol. The number of terminal acetylenes is 1. The number of aromatic nitrogens is 3. The molecule has 0 saturated carbocycles. The zero-order valence-electron chi connectivity index (χ0n) is 8.91. The van der Waals surface area contributed by atoms with E-state index < -0.39 is 0 Å². The maximum Gasteiger partial charge on any atom is 0.147 e. The van der Waals surface area contributed by atoms with Gasteiger partial charge in [-0.05, 0) is 20.8 Å². The van der Waals surface area contributed by atoms with Crippen molar-refractivity contribution in [2.45, 2.75) is 33.4 Å². The molecule has 1 rings (SSSR count). The van der Waals surface area contributed by atoms with Crippen LogP contribution in [0.1, 0.15) is 31.5 Å². The summed E-state index contributed by atoms with van der Waals surface area (Å²) in [6.45, 7) is 7.41. The summed E-state index contributed by atoms with van der Waals surface area (Å²) in [4.78, 5) is 0. The van der Waals surface area contributed by atoms with Crippen LogP contribution in [0, 0.1) is 19.3 Å². The molecule has 0 unspecified atom stereocenters. The molecule has 0 aromatic carbocycles. The Hall–Kier alpha value is -1.34. The van der Waals surface area contributed by atoms with Crippen molar-refractivity contribution < 1.29 is 0 Å². The Labute approximate surface area is 84.7 Å². The summed E-state index contributed by atoms with van der Waals surface area (Å²) in [7, 11) is 0. The summed E-state index contributed by atoms with van der Waals surface area (Å²) >= 11 is 0. The quantitative estimate of drug-likeness (QED) is 0.569. The van der Waals surface area contributed by atoms with E-state index in [1.807, 2.05) is 6.92 Å². The largest absolute Gasteiger partial charge is 0.312 e. The van der Waals surface area contributed by atoms with Crippen LogP contribution in [0.25, 0.3) is 0 Å². The lowest BCUT2D eigenvalue weighted by Crippen LogP contribution is -2.18. The highest BCUT2D eigenvalue weighted by Crippen LogP contribution is 2.10. The number of aryl methyl sites for hydroxylation is 1. The minimum absolute atomic E-state index is 0.382. The summed E-state index contributed by atoms with van der Waals surface area (Å²) in [5.41, 5.74) is 0. The minimum atomic E-state index is 0.382. The molecule has 0 bridgehead atoms. The van der Waals surface area contributed by atoms with Crippen LogP contribution in [0.2, 0.25) is 0 Å². The third kappa shape index (κ3) is 2.33. The summed E-state index contributed by atoms with van der Waals surface area (Å²) in [5, 5.41) is 11.2. The van der Waals surface area contributed by atoms with Gasteiger partial charge in [0.25, 0.3) is 0 Å². The van der Waals surface area contributed by atoms with Gasteiger partial charge >= 0.3 is 0 Å². The Morgan fingerprint density at radius 1 is 1.50 bits per heavy atom. The van der Waals surface area contributed by atoms with Gasteiger partial charge in [-0.2, -0.15) is 0 Å². The van der Waals surface area contributed by atoms with Crippen molar-refractivity contribution in [3.8, 4) is 12.3 Å². The number of hydrogen-bond acceptors (Lipinski definition) is 3. The molecule has 0 radical (unpaired) electrons. The van der Waals surface area contributed by atoms with Gasteiger partial charge in [0.2, 0.25) is 0 Å². The third-order valence-corrected chi connectivity index (χ3v) is 1.96. The molecule has 0 saturated heterocycles. The van der Waals surface area contributed by atoms with E-state index >= 15 is 0 Å². The van der Waals surface area contributed by atoms with Crippen molar-refractivity contribution in [3.05, 3.63) is 11.6 Å². The van der Waals surface area contributed by atoms with Crippen LogP contribution in [0.3, 0.4) is 0 Å². The van der Waals surface area contributed by atoms with E-state index in [1.54, 1.807) is 0 Å². The highest BCUT2D eigenvalue weighted by Gasteiger charge is 2.10. The Kier molecular flexibility index (Phi) is 3.66. The monoisotopic (exact) mass is 192 g/mol. The van der Waals surface area contributed by atoms with Gasteiger partial charge in [0.15, 0.2) is 0 Å². The molecule has 1 N–H and O–H groups in total. The number of rotatable bonds is 4. The van der Waals surface area contributed by atoms with Gasteiger partial charge < -0.3 is 4.57 Å². The van der Waals surface area contributed by atoms with Crippen molar-refractivity contribution >= 4 is 0 Å². The second kappa shape index (κ2) is 4.77. The van der Waals surface area contributed by atoms with Crippen molar-refractivity contribution in [1.29, 1.82) is 0 Å². The summed E-state index contributed by atoms with van der Waals surface area (Å²) in [5.74, 6) is 4.40. The van der Waals surface area contributed by atoms with Gasteiger partial charge in [-0.1, -0.05) is 5.92 Å². The molecule has 0 amide bonds. The highest BCUT2D eigenvalue weighted by molar-refractivity contribution is 4.97. The zero-order chi connectivity index (χ0) is 10.6. The maximum absolute atomic E-state index is 5.14. The van der Waals surface area contributed by atoms with Crippen LogP contribution in [0.4, 0.5) is 0 Å². The SMILES string of the molecule is C#CCNCc1nnc(C)n1C(C)C. The highest BCUT2D eigenvalue weighted by atomic mass is 15.3. The lowest BCUT2D eigenvalue weighted by molar-refractivity contribution is 0.539. The second-order valence-electron chi connectivity index (χ2n) is 3.43. The van der Waals surface area contributed by atoms with Crippen LogP contribution in [-0.2, 0) is 6.54 Å². The first kappa shape index (κ1) is 10.7. The van der Waals surface area contributed by atoms with Crippen LogP contribution >= 0.6 is 0 Å². The first-order valence-corrected chi connectivity index (χ1v) is 4.71. The van der Waals surface area contributed by atoms with E-state index in [-0.39, 0.29) is 0 Å². The normalized spacial score (nSPS) is 10.5. The van der Waals surface area contributed by atoms with E-state index in [9.17, 15) is 0 Å².